The summed E-state index contributed by atoms with van der Waals surface area (Å²) in [6.45, 7) is 0. The average Bonchev–Trinajstić information content (AvgIpc) is 3.17. The summed E-state index contributed by atoms with van der Waals surface area (Å²) >= 11 is 0. The van der Waals surface area contributed by atoms with Crippen LogP contribution in [0.1, 0.15) is 11.1 Å². The highest BCUT2D eigenvalue weighted by Crippen LogP contribution is 2.51. The Hall–Kier alpha value is -4.95. The van der Waals surface area contributed by atoms with Crippen molar-refractivity contribution in [3.63, 3.8) is 0 Å². The molecule has 7 aromatic rings. The Balaban J connectivity index is 1.62. The molecule has 0 aliphatic carbocycles. The molecular weight excluding hydrogens is 472 g/mol. The van der Waals surface area contributed by atoms with E-state index in [4.69, 9.17) is 4.98 Å². The monoisotopic (exact) mass is 498 g/mol. The Labute approximate surface area is 227 Å². The molecule has 0 saturated carbocycles. The SMILES string of the molecule is c1ccc(-c2c3ccccc3c(N3c4ccccc4CCc4ccccc43)c3cnc4ccccc4c23)cc1. The normalized spacial score (nSPS) is 12.9. The fourth-order valence-corrected chi connectivity index (χ4v) is 6.44. The van der Waals surface area contributed by atoms with Gasteiger partial charge < -0.3 is 4.90 Å². The first-order valence-electron chi connectivity index (χ1n) is 13.6. The lowest BCUT2D eigenvalue weighted by Crippen LogP contribution is -2.13. The number of nitrogens with zero attached hydrogens (tertiary/aromatic N) is 2. The zero-order valence-electron chi connectivity index (χ0n) is 21.5. The third-order valence-electron chi connectivity index (χ3n) is 8.15. The van der Waals surface area contributed by atoms with Gasteiger partial charge in [-0.25, -0.2) is 0 Å². The number of aryl methyl sites for hydroxylation is 2. The topological polar surface area (TPSA) is 16.1 Å². The number of hydrogen-bond donors (Lipinski definition) is 0. The van der Waals surface area contributed by atoms with Crippen molar-refractivity contribution in [3.05, 3.63) is 145 Å². The third kappa shape index (κ3) is 3.38. The molecule has 0 bridgehead atoms. The maximum absolute atomic E-state index is 5.02. The summed E-state index contributed by atoms with van der Waals surface area (Å²) in [6, 6.07) is 46.0. The lowest BCUT2D eigenvalue weighted by atomic mass is 9.88. The van der Waals surface area contributed by atoms with E-state index in [-0.39, 0.29) is 0 Å². The van der Waals surface area contributed by atoms with Gasteiger partial charge in [0.15, 0.2) is 0 Å². The molecule has 2 nitrogen and oxygen atoms in total. The largest absolute Gasteiger partial charge is 0.309 e. The number of benzene rings is 6. The van der Waals surface area contributed by atoms with Crippen LogP contribution in [0.25, 0.3) is 43.6 Å². The van der Waals surface area contributed by atoms with E-state index in [0.717, 1.165) is 23.7 Å². The highest BCUT2D eigenvalue weighted by Gasteiger charge is 2.27. The molecule has 1 aliphatic heterocycles. The molecule has 6 aromatic carbocycles. The molecule has 0 spiro atoms. The van der Waals surface area contributed by atoms with Crippen LogP contribution in [0.15, 0.2) is 134 Å². The average molecular weight is 499 g/mol. The number of pyridine rings is 1. The first-order chi connectivity index (χ1) is 19.4. The first kappa shape index (κ1) is 22.1. The number of hydrogen-bond acceptors (Lipinski definition) is 2. The van der Waals surface area contributed by atoms with Crippen LogP contribution in [-0.2, 0) is 12.8 Å². The Morgan fingerprint density at radius 3 is 1.77 bits per heavy atom. The molecule has 0 fully saturated rings. The van der Waals surface area contributed by atoms with Crippen LogP contribution in [0.5, 0.6) is 0 Å². The van der Waals surface area contributed by atoms with E-state index in [2.05, 4.69) is 138 Å². The Kier molecular flexibility index (Phi) is 4.99. The minimum Gasteiger partial charge on any atom is -0.309 e. The van der Waals surface area contributed by atoms with Crippen LogP contribution in [0.4, 0.5) is 17.1 Å². The Bertz CT molecular complexity index is 1980. The van der Waals surface area contributed by atoms with E-state index in [9.17, 15) is 0 Å². The van der Waals surface area contributed by atoms with Gasteiger partial charge in [0.05, 0.1) is 11.2 Å². The summed E-state index contributed by atoms with van der Waals surface area (Å²) in [6.07, 6.45) is 4.13. The number of anilines is 3. The molecule has 184 valence electrons. The smallest absolute Gasteiger partial charge is 0.0708 e. The molecule has 0 amide bonds. The second-order valence-corrected chi connectivity index (χ2v) is 10.3. The molecular formula is C37H26N2. The summed E-state index contributed by atoms with van der Waals surface area (Å²) in [4.78, 5) is 7.52. The molecule has 8 rings (SSSR count). The number of fused-ring (bicyclic) bond motifs is 6. The maximum Gasteiger partial charge on any atom is 0.0708 e. The van der Waals surface area contributed by atoms with Crippen LogP contribution in [0.3, 0.4) is 0 Å². The number of para-hydroxylation sites is 3. The third-order valence-corrected chi connectivity index (χ3v) is 8.15. The minimum atomic E-state index is 1.01. The Morgan fingerprint density at radius 1 is 0.487 bits per heavy atom. The van der Waals surface area contributed by atoms with Crippen LogP contribution in [0, 0.1) is 0 Å². The van der Waals surface area contributed by atoms with Crippen molar-refractivity contribution in [2.75, 3.05) is 4.90 Å². The van der Waals surface area contributed by atoms with Gasteiger partial charge in [-0.05, 0) is 58.7 Å². The number of aromatic nitrogens is 1. The molecule has 0 N–H and O–H groups in total. The lowest BCUT2D eigenvalue weighted by molar-refractivity contribution is 0.977. The molecule has 0 unspecified atom stereocenters. The summed E-state index contributed by atoms with van der Waals surface area (Å²) in [7, 11) is 0. The molecule has 0 saturated heterocycles. The van der Waals surface area contributed by atoms with E-state index in [1.165, 1.54) is 60.9 Å². The van der Waals surface area contributed by atoms with Gasteiger partial charge in [0.2, 0.25) is 0 Å². The van der Waals surface area contributed by atoms with Gasteiger partial charge in [-0.2, -0.15) is 0 Å². The zero-order valence-corrected chi connectivity index (χ0v) is 21.5. The second-order valence-electron chi connectivity index (χ2n) is 10.3. The van der Waals surface area contributed by atoms with Crippen molar-refractivity contribution >= 4 is 49.5 Å². The predicted molar refractivity (Wildman–Crippen MR) is 164 cm³/mol. The van der Waals surface area contributed by atoms with Crippen molar-refractivity contribution in [1.29, 1.82) is 0 Å². The molecule has 0 atom stereocenters. The fourth-order valence-electron chi connectivity index (χ4n) is 6.44. The molecule has 2 heterocycles. The van der Waals surface area contributed by atoms with Crippen molar-refractivity contribution in [2.24, 2.45) is 0 Å². The highest BCUT2D eigenvalue weighted by atomic mass is 15.2. The highest BCUT2D eigenvalue weighted by molar-refractivity contribution is 6.28. The van der Waals surface area contributed by atoms with E-state index in [0.29, 0.717) is 0 Å². The quantitative estimate of drug-likeness (QED) is 0.174. The molecule has 1 aliphatic rings. The van der Waals surface area contributed by atoms with Gasteiger partial charge >= 0.3 is 0 Å². The van der Waals surface area contributed by atoms with Crippen molar-refractivity contribution in [1.82, 2.24) is 4.98 Å². The van der Waals surface area contributed by atoms with E-state index in [1.807, 2.05) is 0 Å². The van der Waals surface area contributed by atoms with Crippen LogP contribution < -0.4 is 4.90 Å². The summed E-state index contributed by atoms with van der Waals surface area (Å²) in [5, 5.41) is 6.07. The minimum absolute atomic E-state index is 1.01. The molecule has 0 radical (unpaired) electrons. The van der Waals surface area contributed by atoms with E-state index >= 15 is 0 Å². The molecule has 1 aromatic heterocycles. The van der Waals surface area contributed by atoms with Gasteiger partial charge in [0.25, 0.3) is 0 Å². The standard InChI is InChI=1S/C37H26N2/c1-2-14-27(15-3-1)35-28-16-6-7-17-29(28)37(31-24-38-32-19-9-8-18-30(32)36(31)35)39-33-20-10-4-12-25(33)22-23-26-13-5-11-21-34(26)39/h1-21,24H,22-23H2. The summed E-state index contributed by atoms with van der Waals surface area (Å²) in [5.41, 5.74) is 9.92. The van der Waals surface area contributed by atoms with Gasteiger partial charge in [-0.15, -0.1) is 0 Å². The lowest BCUT2D eigenvalue weighted by Gasteiger charge is -2.31. The van der Waals surface area contributed by atoms with Crippen molar-refractivity contribution in [2.45, 2.75) is 12.8 Å². The molecule has 39 heavy (non-hydrogen) atoms. The van der Waals surface area contributed by atoms with Gasteiger partial charge in [0, 0.05) is 39.1 Å². The molecule has 2 heteroatoms. The van der Waals surface area contributed by atoms with Gasteiger partial charge in [-0.1, -0.05) is 109 Å². The first-order valence-corrected chi connectivity index (χ1v) is 13.6. The van der Waals surface area contributed by atoms with Crippen molar-refractivity contribution < 1.29 is 0 Å². The van der Waals surface area contributed by atoms with Crippen LogP contribution >= 0.6 is 0 Å². The van der Waals surface area contributed by atoms with Crippen LogP contribution in [0.2, 0.25) is 0 Å². The second kappa shape index (κ2) is 8.82. The van der Waals surface area contributed by atoms with Crippen LogP contribution in [-0.4, -0.2) is 4.98 Å². The zero-order chi connectivity index (χ0) is 25.8. The fraction of sp³-hybridized carbons (Fsp3) is 0.0541. The van der Waals surface area contributed by atoms with E-state index < -0.39 is 0 Å². The van der Waals surface area contributed by atoms with Gasteiger partial charge in [-0.3, -0.25) is 4.98 Å². The number of rotatable bonds is 2. The van der Waals surface area contributed by atoms with Gasteiger partial charge in [0.1, 0.15) is 0 Å². The summed E-state index contributed by atoms with van der Waals surface area (Å²) in [5.74, 6) is 0. The predicted octanol–water partition coefficient (Wildman–Crippen LogP) is 9.78. The summed E-state index contributed by atoms with van der Waals surface area (Å²) < 4.78 is 0. The Morgan fingerprint density at radius 2 is 1.05 bits per heavy atom. The van der Waals surface area contributed by atoms with E-state index in [1.54, 1.807) is 0 Å². The maximum atomic E-state index is 5.02. The van der Waals surface area contributed by atoms with Crippen molar-refractivity contribution in [3.8, 4) is 11.1 Å².